The molecule has 0 aromatic rings. The Kier molecular flexibility index (Phi) is 4.18. The van der Waals surface area contributed by atoms with Gasteiger partial charge in [0.15, 0.2) is 6.10 Å². The normalized spacial score (nSPS) is 21.1. The van der Waals surface area contributed by atoms with Gasteiger partial charge >= 0.3 is 5.97 Å². The summed E-state index contributed by atoms with van der Waals surface area (Å²) in [7, 11) is 2.96. The highest BCUT2D eigenvalue weighted by Gasteiger charge is 2.29. The van der Waals surface area contributed by atoms with E-state index in [4.69, 9.17) is 4.74 Å². The summed E-state index contributed by atoms with van der Waals surface area (Å²) >= 11 is 0. The number of esters is 1. The Balaban J connectivity index is 2.48. The molecule has 0 radical (unpaired) electrons. The lowest BCUT2D eigenvalue weighted by atomic mass is 9.92. The fourth-order valence-electron chi connectivity index (χ4n) is 1.74. The van der Waals surface area contributed by atoms with E-state index in [1.54, 1.807) is 7.11 Å². The number of methoxy groups -OCH3 is 2. The van der Waals surface area contributed by atoms with Crippen LogP contribution in [0, 0.1) is 5.92 Å². The van der Waals surface area contributed by atoms with Gasteiger partial charge in [-0.1, -0.05) is 0 Å². The van der Waals surface area contributed by atoms with Crippen molar-refractivity contribution in [1.29, 1.82) is 0 Å². The van der Waals surface area contributed by atoms with Crippen molar-refractivity contribution < 1.29 is 14.3 Å². The van der Waals surface area contributed by atoms with Crippen LogP contribution >= 0.6 is 0 Å². The van der Waals surface area contributed by atoms with Crippen molar-refractivity contribution >= 4 is 5.97 Å². The standard InChI is InChI=1S/C9H17NO3/c1-12-8(9(11)13-2)7-3-5-10-6-4-7/h7-8,10H,3-6H2,1-2H3. The second-order valence-electron chi connectivity index (χ2n) is 3.27. The number of nitrogens with one attached hydrogen (secondary N) is 1. The zero-order valence-corrected chi connectivity index (χ0v) is 8.21. The molecule has 0 aromatic heterocycles. The van der Waals surface area contributed by atoms with Gasteiger partial charge in [-0.3, -0.25) is 0 Å². The summed E-state index contributed by atoms with van der Waals surface area (Å²) in [6.45, 7) is 1.92. The fraction of sp³-hybridized carbons (Fsp3) is 0.889. The largest absolute Gasteiger partial charge is 0.467 e. The summed E-state index contributed by atoms with van der Waals surface area (Å²) in [5, 5.41) is 3.24. The van der Waals surface area contributed by atoms with Gasteiger partial charge in [0.2, 0.25) is 0 Å². The van der Waals surface area contributed by atoms with Gasteiger partial charge in [-0.2, -0.15) is 0 Å². The van der Waals surface area contributed by atoms with Crippen LogP contribution in [0.4, 0.5) is 0 Å². The second-order valence-corrected chi connectivity index (χ2v) is 3.27. The molecule has 1 aliphatic rings. The topological polar surface area (TPSA) is 47.6 Å². The smallest absolute Gasteiger partial charge is 0.335 e. The van der Waals surface area contributed by atoms with E-state index in [0.29, 0.717) is 5.92 Å². The van der Waals surface area contributed by atoms with Gasteiger partial charge in [0.1, 0.15) is 0 Å². The fourth-order valence-corrected chi connectivity index (χ4v) is 1.74. The molecule has 1 saturated heterocycles. The molecule has 1 aliphatic heterocycles. The molecular formula is C9H17NO3. The van der Waals surface area contributed by atoms with E-state index in [9.17, 15) is 4.79 Å². The molecule has 0 aromatic carbocycles. The number of carbonyl (C=O) groups excluding carboxylic acids is 1. The van der Waals surface area contributed by atoms with Crippen molar-refractivity contribution in [3.8, 4) is 0 Å². The van der Waals surface area contributed by atoms with E-state index < -0.39 is 0 Å². The van der Waals surface area contributed by atoms with Gasteiger partial charge < -0.3 is 14.8 Å². The SMILES string of the molecule is COC(=O)C(OC)C1CCNCC1. The molecule has 4 nitrogen and oxygen atoms in total. The summed E-state index contributed by atoms with van der Waals surface area (Å²) in [5.41, 5.74) is 0. The first-order valence-corrected chi connectivity index (χ1v) is 4.61. The maximum Gasteiger partial charge on any atom is 0.335 e. The Morgan fingerprint density at radius 3 is 2.46 bits per heavy atom. The predicted molar refractivity (Wildman–Crippen MR) is 48.4 cm³/mol. The lowest BCUT2D eigenvalue weighted by Crippen LogP contribution is -2.39. The van der Waals surface area contributed by atoms with Crippen LogP contribution in [0.25, 0.3) is 0 Å². The quantitative estimate of drug-likeness (QED) is 0.640. The van der Waals surface area contributed by atoms with Gasteiger partial charge in [-0.25, -0.2) is 4.79 Å². The van der Waals surface area contributed by atoms with Crippen LogP contribution in [-0.4, -0.2) is 39.4 Å². The third kappa shape index (κ3) is 2.67. The predicted octanol–water partition coefficient (Wildman–Crippen LogP) is 0.174. The van der Waals surface area contributed by atoms with Crippen LogP contribution in [0.1, 0.15) is 12.8 Å². The van der Waals surface area contributed by atoms with Crippen LogP contribution in [0.15, 0.2) is 0 Å². The molecule has 1 fully saturated rings. The minimum Gasteiger partial charge on any atom is -0.467 e. The number of rotatable bonds is 3. The summed E-state index contributed by atoms with van der Waals surface area (Å²) in [6.07, 6.45) is 1.58. The first kappa shape index (κ1) is 10.5. The van der Waals surface area contributed by atoms with Crippen molar-refractivity contribution in [2.45, 2.75) is 18.9 Å². The van der Waals surface area contributed by atoms with Crippen LogP contribution in [-0.2, 0) is 14.3 Å². The van der Waals surface area contributed by atoms with Crippen molar-refractivity contribution in [2.24, 2.45) is 5.92 Å². The van der Waals surface area contributed by atoms with Gasteiger partial charge in [-0.15, -0.1) is 0 Å². The lowest BCUT2D eigenvalue weighted by Gasteiger charge is -2.27. The molecule has 0 spiro atoms. The zero-order chi connectivity index (χ0) is 9.68. The van der Waals surface area contributed by atoms with Gasteiger partial charge in [0, 0.05) is 7.11 Å². The Bertz CT molecular complexity index is 166. The lowest BCUT2D eigenvalue weighted by molar-refractivity contribution is -0.156. The van der Waals surface area contributed by atoms with Crippen molar-refractivity contribution in [2.75, 3.05) is 27.3 Å². The molecule has 0 amide bonds. The first-order chi connectivity index (χ1) is 6.29. The van der Waals surface area contributed by atoms with Crippen molar-refractivity contribution in [1.82, 2.24) is 5.32 Å². The van der Waals surface area contributed by atoms with Gasteiger partial charge in [-0.05, 0) is 31.8 Å². The molecule has 0 saturated carbocycles. The summed E-state index contributed by atoms with van der Waals surface area (Å²) in [5.74, 6) is 0.0492. The minimum absolute atomic E-state index is 0.255. The minimum atomic E-state index is -0.382. The molecule has 1 atom stereocenters. The maximum absolute atomic E-state index is 11.3. The van der Waals surface area contributed by atoms with E-state index in [1.807, 2.05) is 0 Å². The Morgan fingerprint density at radius 2 is 2.00 bits per heavy atom. The molecule has 0 bridgehead atoms. The summed E-state index contributed by atoms with van der Waals surface area (Å²) in [6, 6.07) is 0. The molecule has 1 heterocycles. The average Bonchev–Trinajstić information content (AvgIpc) is 2.20. The molecular weight excluding hydrogens is 170 g/mol. The number of carbonyl (C=O) groups is 1. The highest BCUT2D eigenvalue weighted by molar-refractivity contribution is 5.74. The molecule has 1 rings (SSSR count). The Hall–Kier alpha value is -0.610. The Labute approximate surface area is 78.6 Å². The number of hydrogen-bond donors (Lipinski definition) is 1. The third-order valence-electron chi connectivity index (χ3n) is 2.50. The first-order valence-electron chi connectivity index (χ1n) is 4.61. The number of ether oxygens (including phenoxy) is 2. The molecule has 76 valence electrons. The molecule has 0 aliphatic carbocycles. The van der Waals surface area contributed by atoms with Crippen LogP contribution < -0.4 is 5.32 Å². The summed E-state index contributed by atoms with van der Waals surface area (Å²) < 4.78 is 9.81. The third-order valence-corrected chi connectivity index (χ3v) is 2.50. The van der Waals surface area contributed by atoms with E-state index in [1.165, 1.54) is 7.11 Å². The second kappa shape index (κ2) is 5.19. The summed E-state index contributed by atoms with van der Waals surface area (Å²) in [4.78, 5) is 11.3. The van der Waals surface area contributed by atoms with Gasteiger partial charge in [0.25, 0.3) is 0 Å². The molecule has 4 heteroatoms. The number of piperidine rings is 1. The monoisotopic (exact) mass is 187 g/mol. The van der Waals surface area contributed by atoms with E-state index in [2.05, 4.69) is 10.1 Å². The van der Waals surface area contributed by atoms with Crippen LogP contribution in [0.3, 0.4) is 0 Å². The Morgan fingerprint density at radius 1 is 1.38 bits per heavy atom. The van der Waals surface area contributed by atoms with Crippen molar-refractivity contribution in [3.05, 3.63) is 0 Å². The molecule has 1 unspecified atom stereocenters. The van der Waals surface area contributed by atoms with Crippen LogP contribution in [0.5, 0.6) is 0 Å². The van der Waals surface area contributed by atoms with E-state index >= 15 is 0 Å². The van der Waals surface area contributed by atoms with E-state index in [0.717, 1.165) is 25.9 Å². The van der Waals surface area contributed by atoms with Crippen molar-refractivity contribution in [3.63, 3.8) is 0 Å². The molecule has 13 heavy (non-hydrogen) atoms. The van der Waals surface area contributed by atoms with Gasteiger partial charge in [0.05, 0.1) is 7.11 Å². The van der Waals surface area contributed by atoms with Crippen LogP contribution in [0.2, 0.25) is 0 Å². The average molecular weight is 187 g/mol. The maximum atomic E-state index is 11.3. The highest BCUT2D eigenvalue weighted by Crippen LogP contribution is 2.19. The molecule has 1 N–H and O–H groups in total. The highest BCUT2D eigenvalue weighted by atomic mass is 16.6. The van der Waals surface area contributed by atoms with E-state index in [-0.39, 0.29) is 12.1 Å². The number of hydrogen-bond acceptors (Lipinski definition) is 4. The zero-order valence-electron chi connectivity index (χ0n) is 8.21.